The smallest absolute Gasteiger partial charge is 0.254 e. The molecule has 0 bridgehead atoms. The van der Waals surface area contributed by atoms with Crippen molar-refractivity contribution in [3.05, 3.63) is 48.3 Å². The quantitative estimate of drug-likeness (QED) is 0.800. The number of amides is 1. The Morgan fingerprint density at radius 1 is 1.32 bits per heavy atom. The fourth-order valence-corrected chi connectivity index (χ4v) is 2.17. The molecule has 22 heavy (non-hydrogen) atoms. The highest BCUT2D eigenvalue weighted by Crippen LogP contribution is 2.10. The van der Waals surface area contributed by atoms with Crippen LogP contribution in [0.4, 0.5) is 5.69 Å². The molecule has 0 fully saturated rings. The van der Waals surface area contributed by atoms with Crippen molar-refractivity contribution in [2.75, 3.05) is 25.0 Å². The lowest BCUT2D eigenvalue weighted by Gasteiger charge is -2.19. The third-order valence-electron chi connectivity index (χ3n) is 3.55. The van der Waals surface area contributed by atoms with Crippen LogP contribution >= 0.6 is 0 Å². The number of carbonyl (C=O) groups is 1. The highest BCUT2D eigenvalue weighted by atomic mass is 16.1. The van der Waals surface area contributed by atoms with Crippen LogP contribution in [-0.2, 0) is 0 Å². The van der Waals surface area contributed by atoms with Crippen LogP contribution in [0, 0.1) is 0 Å². The van der Waals surface area contributed by atoms with Gasteiger partial charge in [0.25, 0.3) is 5.91 Å². The van der Waals surface area contributed by atoms with Gasteiger partial charge in [-0.15, -0.1) is 0 Å². The van der Waals surface area contributed by atoms with Gasteiger partial charge in [-0.25, -0.2) is 0 Å². The summed E-state index contributed by atoms with van der Waals surface area (Å²) < 4.78 is 1.79. The highest BCUT2D eigenvalue weighted by molar-refractivity contribution is 5.93. The summed E-state index contributed by atoms with van der Waals surface area (Å²) in [5.74, 6) is -0.0609. The number of carbonyl (C=O) groups excluding carboxylic acids is 1. The number of aromatic nitrogens is 2. The fourth-order valence-electron chi connectivity index (χ4n) is 2.17. The van der Waals surface area contributed by atoms with Crippen LogP contribution in [0.3, 0.4) is 0 Å². The maximum Gasteiger partial charge on any atom is 0.254 e. The van der Waals surface area contributed by atoms with E-state index in [1.807, 2.05) is 32.0 Å². The Labute approximate surface area is 131 Å². The van der Waals surface area contributed by atoms with Gasteiger partial charge in [-0.3, -0.25) is 9.48 Å². The number of hydrogen-bond donors (Lipinski definition) is 1. The molecule has 5 heteroatoms. The van der Waals surface area contributed by atoms with Crippen molar-refractivity contribution in [3.8, 4) is 0 Å². The number of para-hydroxylation sites is 1. The summed E-state index contributed by atoms with van der Waals surface area (Å²) in [6, 6.07) is 10.5. The Morgan fingerprint density at radius 3 is 2.68 bits per heavy atom. The van der Waals surface area contributed by atoms with E-state index in [2.05, 4.69) is 34.5 Å². The number of hydrogen-bond acceptors (Lipinski definition) is 3. The van der Waals surface area contributed by atoms with Gasteiger partial charge in [0.05, 0.1) is 11.8 Å². The zero-order chi connectivity index (χ0) is 15.9. The molecule has 5 nitrogen and oxygen atoms in total. The summed E-state index contributed by atoms with van der Waals surface area (Å²) in [6.45, 7) is 5.63. The molecule has 1 aromatic heterocycles. The standard InChI is InChI=1S/C17H24N4O/c1-14(2)21-13-15(12-19-21)17(22)18-10-7-11-20(3)16-8-5-4-6-9-16/h4-6,8-9,12-14H,7,10-11H2,1-3H3,(H,18,22). The molecule has 1 aromatic carbocycles. The van der Waals surface area contributed by atoms with Crippen LogP contribution in [-0.4, -0.2) is 35.8 Å². The third-order valence-corrected chi connectivity index (χ3v) is 3.55. The van der Waals surface area contributed by atoms with Gasteiger partial charge in [-0.1, -0.05) is 18.2 Å². The summed E-state index contributed by atoms with van der Waals surface area (Å²) in [5, 5.41) is 7.12. The average molecular weight is 300 g/mol. The molecule has 0 spiro atoms. The summed E-state index contributed by atoms with van der Waals surface area (Å²) >= 11 is 0. The van der Waals surface area contributed by atoms with Gasteiger partial charge in [-0.05, 0) is 32.4 Å². The van der Waals surface area contributed by atoms with Gasteiger partial charge in [0, 0.05) is 38.1 Å². The Hall–Kier alpha value is -2.30. The first-order valence-corrected chi connectivity index (χ1v) is 7.66. The molecule has 1 amide bonds. The predicted molar refractivity (Wildman–Crippen MR) is 89.3 cm³/mol. The van der Waals surface area contributed by atoms with E-state index in [0.29, 0.717) is 12.1 Å². The molecule has 0 aliphatic heterocycles. The predicted octanol–water partition coefficient (Wildman–Crippen LogP) is 2.72. The summed E-state index contributed by atoms with van der Waals surface area (Å²) in [6.07, 6.45) is 4.30. The second-order valence-electron chi connectivity index (χ2n) is 5.67. The second kappa shape index (κ2) is 7.64. The first kappa shape index (κ1) is 16.1. The average Bonchev–Trinajstić information content (AvgIpc) is 3.02. The van der Waals surface area contributed by atoms with Crippen LogP contribution in [0.1, 0.15) is 36.7 Å². The molecule has 0 saturated heterocycles. The minimum absolute atomic E-state index is 0.0609. The van der Waals surface area contributed by atoms with Crippen molar-refractivity contribution < 1.29 is 4.79 Å². The topological polar surface area (TPSA) is 50.2 Å². The van der Waals surface area contributed by atoms with E-state index in [1.54, 1.807) is 17.1 Å². The molecule has 0 unspecified atom stereocenters. The minimum atomic E-state index is -0.0609. The van der Waals surface area contributed by atoms with E-state index in [-0.39, 0.29) is 11.9 Å². The van der Waals surface area contributed by atoms with Gasteiger partial charge < -0.3 is 10.2 Å². The Kier molecular flexibility index (Phi) is 5.58. The van der Waals surface area contributed by atoms with E-state index >= 15 is 0 Å². The molecule has 0 aliphatic rings. The van der Waals surface area contributed by atoms with E-state index < -0.39 is 0 Å². The Morgan fingerprint density at radius 2 is 2.05 bits per heavy atom. The number of anilines is 1. The van der Waals surface area contributed by atoms with Crippen molar-refractivity contribution in [2.24, 2.45) is 0 Å². The number of benzene rings is 1. The molecule has 1 heterocycles. The van der Waals surface area contributed by atoms with Crippen molar-refractivity contribution >= 4 is 11.6 Å². The van der Waals surface area contributed by atoms with E-state index in [0.717, 1.165) is 13.0 Å². The maximum atomic E-state index is 12.0. The number of nitrogens with one attached hydrogen (secondary N) is 1. The summed E-state index contributed by atoms with van der Waals surface area (Å²) in [7, 11) is 2.06. The molecule has 1 N–H and O–H groups in total. The van der Waals surface area contributed by atoms with Gasteiger partial charge in [0.1, 0.15) is 0 Å². The van der Waals surface area contributed by atoms with Crippen LogP contribution in [0.5, 0.6) is 0 Å². The maximum absolute atomic E-state index is 12.0. The molecule has 118 valence electrons. The van der Waals surface area contributed by atoms with Crippen LogP contribution < -0.4 is 10.2 Å². The lowest BCUT2D eigenvalue weighted by atomic mass is 10.3. The largest absolute Gasteiger partial charge is 0.375 e. The Bertz CT molecular complexity index is 592. The minimum Gasteiger partial charge on any atom is -0.375 e. The highest BCUT2D eigenvalue weighted by Gasteiger charge is 2.09. The first-order chi connectivity index (χ1) is 10.6. The number of rotatable bonds is 7. The summed E-state index contributed by atoms with van der Waals surface area (Å²) in [5.41, 5.74) is 1.80. The van der Waals surface area contributed by atoms with Crippen LogP contribution in [0.25, 0.3) is 0 Å². The summed E-state index contributed by atoms with van der Waals surface area (Å²) in [4.78, 5) is 14.2. The van der Waals surface area contributed by atoms with E-state index in [9.17, 15) is 4.79 Å². The van der Waals surface area contributed by atoms with Gasteiger partial charge in [0.2, 0.25) is 0 Å². The fraction of sp³-hybridized carbons (Fsp3) is 0.412. The molecule has 2 rings (SSSR count). The molecule has 0 atom stereocenters. The van der Waals surface area contributed by atoms with E-state index in [4.69, 9.17) is 0 Å². The van der Waals surface area contributed by atoms with Crippen molar-refractivity contribution in [1.29, 1.82) is 0 Å². The SMILES string of the molecule is CC(C)n1cc(C(=O)NCCCN(C)c2ccccc2)cn1. The number of nitrogens with zero attached hydrogens (tertiary/aromatic N) is 3. The molecular formula is C17H24N4O. The van der Waals surface area contributed by atoms with Gasteiger partial charge in [0.15, 0.2) is 0 Å². The molecule has 2 aromatic rings. The van der Waals surface area contributed by atoms with Crippen molar-refractivity contribution in [2.45, 2.75) is 26.3 Å². The third kappa shape index (κ3) is 4.35. The lowest BCUT2D eigenvalue weighted by Crippen LogP contribution is -2.28. The molecular weight excluding hydrogens is 276 g/mol. The van der Waals surface area contributed by atoms with Crippen molar-refractivity contribution in [3.63, 3.8) is 0 Å². The monoisotopic (exact) mass is 300 g/mol. The second-order valence-corrected chi connectivity index (χ2v) is 5.67. The zero-order valence-electron chi connectivity index (χ0n) is 13.5. The Balaban J connectivity index is 1.73. The van der Waals surface area contributed by atoms with Crippen LogP contribution in [0.2, 0.25) is 0 Å². The molecule has 0 radical (unpaired) electrons. The van der Waals surface area contributed by atoms with Crippen molar-refractivity contribution in [1.82, 2.24) is 15.1 Å². The van der Waals surface area contributed by atoms with E-state index in [1.165, 1.54) is 5.69 Å². The first-order valence-electron chi connectivity index (χ1n) is 7.66. The van der Waals surface area contributed by atoms with Gasteiger partial charge >= 0.3 is 0 Å². The molecule has 0 aliphatic carbocycles. The normalized spacial score (nSPS) is 10.7. The molecule has 0 saturated carbocycles. The van der Waals surface area contributed by atoms with Gasteiger partial charge in [-0.2, -0.15) is 5.10 Å². The van der Waals surface area contributed by atoms with Crippen LogP contribution in [0.15, 0.2) is 42.7 Å². The zero-order valence-corrected chi connectivity index (χ0v) is 13.5. The lowest BCUT2D eigenvalue weighted by molar-refractivity contribution is 0.0953.